The van der Waals surface area contributed by atoms with Crippen LogP contribution in [0, 0.1) is 0 Å². The van der Waals surface area contributed by atoms with E-state index in [2.05, 4.69) is 10.0 Å². The zero-order valence-electron chi connectivity index (χ0n) is 12.4. The molecule has 0 fully saturated rings. The Hall–Kier alpha value is -2.38. The SMILES string of the molecule is C[C@H](NS(=O)(=O)c1ccccc1)c1ccc2c(c1)NC(=O)CO2. The number of rotatable bonds is 4. The first-order valence-electron chi connectivity index (χ1n) is 7.10. The molecule has 1 aliphatic rings. The maximum Gasteiger partial charge on any atom is 0.262 e. The molecular formula is C16H16N2O4S. The van der Waals surface area contributed by atoms with Crippen LogP contribution in [0.15, 0.2) is 53.4 Å². The number of ether oxygens (including phenoxy) is 1. The van der Waals surface area contributed by atoms with Crippen LogP contribution >= 0.6 is 0 Å². The molecule has 120 valence electrons. The van der Waals surface area contributed by atoms with Crippen molar-refractivity contribution < 1.29 is 17.9 Å². The van der Waals surface area contributed by atoms with Crippen LogP contribution in [0.4, 0.5) is 5.69 Å². The third-order valence-electron chi connectivity index (χ3n) is 3.52. The van der Waals surface area contributed by atoms with Gasteiger partial charge in [0.15, 0.2) is 6.61 Å². The smallest absolute Gasteiger partial charge is 0.262 e. The highest BCUT2D eigenvalue weighted by Crippen LogP contribution is 2.30. The summed E-state index contributed by atoms with van der Waals surface area (Å²) >= 11 is 0. The lowest BCUT2D eigenvalue weighted by atomic mass is 10.1. The molecule has 23 heavy (non-hydrogen) atoms. The van der Waals surface area contributed by atoms with Crippen LogP contribution in [0.3, 0.4) is 0 Å². The second-order valence-electron chi connectivity index (χ2n) is 5.25. The zero-order chi connectivity index (χ0) is 16.4. The molecule has 2 aromatic rings. The first kappa shape index (κ1) is 15.5. The average Bonchev–Trinajstić information content (AvgIpc) is 2.54. The highest BCUT2D eigenvalue weighted by atomic mass is 32.2. The number of hydrogen-bond donors (Lipinski definition) is 2. The number of benzene rings is 2. The van der Waals surface area contributed by atoms with E-state index in [0.29, 0.717) is 11.4 Å². The van der Waals surface area contributed by atoms with Crippen molar-refractivity contribution in [2.24, 2.45) is 0 Å². The summed E-state index contributed by atoms with van der Waals surface area (Å²) in [6.07, 6.45) is 0. The molecule has 0 bridgehead atoms. The predicted molar refractivity (Wildman–Crippen MR) is 85.7 cm³/mol. The van der Waals surface area contributed by atoms with Gasteiger partial charge in [-0.1, -0.05) is 24.3 Å². The molecule has 0 aromatic heterocycles. The molecule has 1 atom stereocenters. The minimum absolute atomic E-state index is 0.0114. The Kier molecular flexibility index (Phi) is 4.06. The van der Waals surface area contributed by atoms with Crippen LogP contribution in [-0.4, -0.2) is 20.9 Å². The Morgan fingerprint density at radius 2 is 1.91 bits per heavy atom. The third kappa shape index (κ3) is 3.35. The van der Waals surface area contributed by atoms with Crippen molar-refractivity contribution in [3.63, 3.8) is 0 Å². The zero-order valence-corrected chi connectivity index (χ0v) is 13.3. The third-order valence-corrected chi connectivity index (χ3v) is 5.08. The van der Waals surface area contributed by atoms with Crippen LogP contribution in [0.5, 0.6) is 5.75 Å². The monoisotopic (exact) mass is 332 g/mol. The standard InChI is InChI=1S/C16H16N2O4S/c1-11(18-23(20,21)13-5-3-2-4-6-13)12-7-8-15-14(9-12)17-16(19)10-22-15/h2-9,11,18H,10H2,1H3,(H,17,19)/t11-/m0/s1. The van der Waals surface area contributed by atoms with Crippen LogP contribution in [0.25, 0.3) is 0 Å². The molecule has 0 spiro atoms. The van der Waals surface area contributed by atoms with Gasteiger partial charge in [-0.2, -0.15) is 0 Å². The van der Waals surface area contributed by atoms with Crippen molar-refractivity contribution in [1.82, 2.24) is 4.72 Å². The maximum atomic E-state index is 12.4. The van der Waals surface area contributed by atoms with Gasteiger partial charge in [0, 0.05) is 6.04 Å². The number of nitrogens with one attached hydrogen (secondary N) is 2. The fourth-order valence-corrected chi connectivity index (χ4v) is 3.59. The summed E-state index contributed by atoms with van der Waals surface area (Å²) in [7, 11) is -3.61. The average molecular weight is 332 g/mol. The number of carbonyl (C=O) groups excluding carboxylic acids is 1. The molecule has 2 aromatic carbocycles. The number of carbonyl (C=O) groups is 1. The quantitative estimate of drug-likeness (QED) is 0.897. The van der Waals surface area contributed by atoms with E-state index < -0.39 is 16.1 Å². The second kappa shape index (κ2) is 6.02. The highest BCUT2D eigenvalue weighted by molar-refractivity contribution is 7.89. The molecule has 6 nitrogen and oxygen atoms in total. The topological polar surface area (TPSA) is 84.5 Å². The van der Waals surface area contributed by atoms with Gasteiger partial charge in [-0.15, -0.1) is 0 Å². The molecule has 1 heterocycles. The van der Waals surface area contributed by atoms with Gasteiger partial charge in [-0.25, -0.2) is 13.1 Å². The van der Waals surface area contributed by atoms with Crippen LogP contribution in [0.2, 0.25) is 0 Å². The van der Waals surface area contributed by atoms with E-state index >= 15 is 0 Å². The fourth-order valence-electron chi connectivity index (χ4n) is 2.34. The molecule has 1 amide bonds. The number of amides is 1. The Balaban J connectivity index is 1.82. The summed E-state index contributed by atoms with van der Waals surface area (Å²) in [6.45, 7) is 1.73. The van der Waals surface area contributed by atoms with Crippen molar-refractivity contribution in [2.75, 3.05) is 11.9 Å². The summed E-state index contributed by atoms with van der Waals surface area (Å²) in [5.74, 6) is 0.346. The molecule has 1 aliphatic heterocycles. The van der Waals surface area contributed by atoms with E-state index in [0.717, 1.165) is 5.56 Å². The number of hydrogen-bond acceptors (Lipinski definition) is 4. The molecule has 2 N–H and O–H groups in total. The van der Waals surface area contributed by atoms with Crippen molar-refractivity contribution in [3.8, 4) is 5.75 Å². The van der Waals surface area contributed by atoms with E-state index in [9.17, 15) is 13.2 Å². The normalized spacial score (nSPS) is 15.3. The van der Waals surface area contributed by atoms with E-state index in [-0.39, 0.29) is 17.4 Å². The largest absolute Gasteiger partial charge is 0.482 e. The van der Waals surface area contributed by atoms with E-state index in [1.54, 1.807) is 43.3 Å². The number of fused-ring (bicyclic) bond motifs is 1. The molecule has 3 rings (SSSR count). The van der Waals surface area contributed by atoms with Gasteiger partial charge in [0.1, 0.15) is 5.75 Å². The molecule has 0 saturated carbocycles. The van der Waals surface area contributed by atoms with E-state index in [1.807, 2.05) is 0 Å². The summed E-state index contributed by atoms with van der Waals surface area (Å²) in [6, 6.07) is 12.9. The lowest BCUT2D eigenvalue weighted by molar-refractivity contribution is -0.118. The lowest BCUT2D eigenvalue weighted by Crippen LogP contribution is -2.28. The molecule has 0 radical (unpaired) electrons. The first-order chi connectivity index (χ1) is 11.0. The van der Waals surface area contributed by atoms with Crippen molar-refractivity contribution in [1.29, 1.82) is 0 Å². The second-order valence-corrected chi connectivity index (χ2v) is 6.96. The van der Waals surface area contributed by atoms with Gasteiger partial charge in [0.05, 0.1) is 10.6 Å². The minimum atomic E-state index is -3.61. The molecular weight excluding hydrogens is 316 g/mol. The first-order valence-corrected chi connectivity index (χ1v) is 8.58. The van der Waals surface area contributed by atoms with Crippen molar-refractivity contribution >= 4 is 21.6 Å². The van der Waals surface area contributed by atoms with Crippen LogP contribution in [-0.2, 0) is 14.8 Å². The molecule has 0 unspecified atom stereocenters. The van der Waals surface area contributed by atoms with Crippen molar-refractivity contribution in [3.05, 3.63) is 54.1 Å². The van der Waals surface area contributed by atoms with E-state index in [1.165, 1.54) is 12.1 Å². The molecule has 7 heteroatoms. The van der Waals surface area contributed by atoms with E-state index in [4.69, 9.17) is 4.74 Å². The Morgan fingerprint density at radius 3 is 2.65 bits per heavy atom. The number of anilines is 1. The maximum absolute atomic E-state index is 12.4. The predicted octanol–water partition coefficient (Wildman–Crippen LogP) is 2.06. The van der Waals surface area contributed by atoms with Gasteiger partial charge < -0.3 is 10.1 Å². The summed E-state index contributed by atoms with van der Waals surface area (Å²) in [4.78, 5) is 11.6. The number of sulfonamides is 1. The Morgan fingerprint density at radius 1 is 1.17 bits per heavy atom. The van der Waals surface area contributed by atoms with Gasteiger partial charge in [0.2, 0.25) is 10.0 Å². The Bertz CT molecular complexity index is 834. The van der Waals surface area contributed by atoms with Gasteiger partial charge in [-0.05, 0) is 36.8 Å². The summed E-state index contributed by atoms with van der Waals surface area (Å²) < 4.78 is 32.6. The fraction of sp³-hybridized carbons (Fsp3) is 0.188. The Labute approximate surface area is 134 Å². The van der Waals surface area contributed by atoms with Gasteiger partial charge in [0.25, 0.3) is 5.91 Å². The summed E-state index contributed by atoms with van der Waals surface area (Å²) in [5.41, 5.74) is 1.28. The van der Waals surface area contributed by atoms with Gasteiger partial charge in [-0.3, -0.25) is 4.79 Å². The molecule has 0 saturated heterocycles. The minimum Gasteiger partial charge on any atom is -0.482 e. The summed E-state index contributed by atoms with van der Waals surface area (Å²) in [5, 5.41) is 2.71. The van der Waals surface area contributed by atoms with Crippen LogP contribution in [0.1, 0.15) is 18.5 Å². The molecule has 0 aliphatic carbocycles. The highest BCUT2D eigenvalue weighted by Gasteiger charge is 2.21. The van der Waals surface area contributed by atoms with Crippen LogP contribution < -0.4 is 14.8 Å². The van der Waals surface area contributed by atoms with Crippen molar-refractivity contribution in [2.45, 2.75) is 17.9 Å². The lowest BCUT2D eigenvalue weighted by Gasteiger charge is -2.21. The van der Waals surface area contributed by atoms with Gasteiger partial charge >= 0.3 is 0 Å².